The molecule has 0 saturated carbocycles. The molecule has 1 aliphatic heterocycles. The number of aliphatic hydroxyl groups excluding tert-OH is 1. The van der Waals surface area contributed by atoms with Gasteiger partial charge in [-0.15, -0.1) is 11.3 Å². The van der Waals surface area contributed by atoms with E-state index < -0.39 is 46.3 Å². The summed E-state index contributed by atoms with van der Waals surface area (Å²) in [5.41, 5.74) is 0.670. The Morgan fingerprint density at radius 1 is 1.00 bits per heavy atom. The van der Waals surface area contributed by atoms with Gasteiger partial charge >= 0.3 is 0 Å². The second-order valence-electron chi connectivity index (χ2n) is 8.08. The zero-order valence-electron chi connectivity index (χ0n) is 18.8. The normalized spacial score (nSPS) is 18.2. The number of hydrogen-bond donors (Lipinski definition) is 3. The van der Waals surface area contributed by atoms with Crippen LogP contribution in [0.5, 0.6) is 0 Å². The summed E-state index contributed by atoms with van der Waals surface area (Å²) in [5, 5.41) is 14.7. The van der Waals surface area contributed by atoms with Crippen LogP contribution in [0.15, 0.2) is 65.6 Å². The van der Waals surface area contributed by atoms with Crippen molar-refractivity contribution in [2.75, 3.05) is 25.4 Å². The van der Waals surface area contributed by atoms with Gasteiger partial charge in [-0.3, -0.25) is 19.0 Å². The summed E-state index contributed by atoms with van der Waals surface area (Å²) in [6.07, 6.45) is 1.62. The minimum atomic E-state index is -3.78. The molecule has 190 valence electrons. The molecule has 1 fully saturated rings. The molecule has 36 heavy (non-hydrogen) atoms. The fraction of sp³-hybridized carbons (Fsp3) is 0.261. The van der Waals surface area contributed by atoms with Gasteiger partial charge in [-0.25, -0.2) is 8.42 Å². The van der Waals surface area contributed by atoms with Crippen molar-refractivity contribution in [2.24, 2.45) is 0 Å². The molecule has 3 aromatic rings. The number of thiophene rings is 1. The van der Waals surface area contributed by atoms with Gasteiger partial charge < -0.3 is 15.7 Å². The molecule has 10 nitrogen and oxygen atoms in total. The van der Waals surface area contributed by atoms with E-state index in [4.69, 9.17) is 16.7 Å². The average molecular weight is 551 g/mol. The number of nitrogens with zero attached hydrogens (tertiary/aromatic N) is 2. The number of nitrogens with one attached hydrogen (secondary N) is 2. The van der Waals surface area contributed by atoms with E-state index in [1.54, 1.807) is 54.7 Å². The average Bonchev–Trinajstić information content (AvgIpc) is 3.46. The maximum absolute atomic E-state index is 13.0. The van der Waals surface area contributed by atoms with E-state index in [9.17, 15) is 22.8 Å². The van der Waals surface area contributed by atoms with E-state index in [1.165, 1.54) is 10.6 Å². The van der Waals surface area contributed by atoms with Crippen molar-refractivity contribution in [3.8, 4) is 5.69 Å². The number of amides is 2. The monoisotopic (exact) mass is 550 g/mol. The molecular formula is C23H23ClN4O6S2. The molecule has 0 radical (unpaired) electrons. The lowest BCUT2D eigenvalue weighted by atomic mass is 10.1. The maximum atomic E-state index is 13.0. The molecule has 3 heterocycles. The van der Waals surface area contributed by atoms with Crippen molar-refractivity contribution in [3.63, 3.8) is 0 Å². The third-order valence-electron chi connectivity index (χ3n) is 5.69. The van der Waals surface area contributed by atoms with Crippen molar-refractivity contribution in [1.82, 2.24) is 19.5 Å². The van der Waals surface area contributed by atoms with E-state index in [-0.39, 0.29) is 18.6 Å². The highest BCUT2D eigenvalue weighted by Crippen LogP contribution is 2.22. The van der Waals surface area contributed by atoms with Gasteiger partial charge in [-0.05, 0) is 42.5 Å². The van der Waals surface area contributed by atoms with Crippen LogP contribution in [0.2, 0.25) is 4.34 Å². The van der Waals surface area contributed by atoms with Crippen LogP contribution in [0.25, 0.3) is 5.69 Å². The molecule has 0 spiro atoms. The number of rotatable bonds is 8. The van der Waals surface area contributed by atoms with Crippen LogP contribution in [0.1, 0.15) is 20.0 Å². The topological polar surface area (TPSA) is 138 Å². The Morgan fingerprint density at radius 2 is 1.67 bits per heavy atom. The number of benzene rings is 1. The minimum absolute atomic E-state index is 0.0615. The highest BCUT2D eigenvalue weighted by Gasteiger charge is 2.40. The molecule has 4 rings (SSSR count). The van der Waals surface area contributed by atoms with Crippen LogP contribution in [0, 0.1) is 0 Å². The lowest BCUT2D eigenvalue weighted by Gasteiger charge is -2.21. The zero-order valence-corrected chi connectivity index (χ0v) is 21.2. The van der Waals surface area contributed by atoms with Crippen molar-refractivity contribution >= 4 is 44.8 Å². The zero-order chi connectivity index (χ0) is 25.9. The van der Waals surface area contributed by atoms with E-state index in [0.717, 1.165) is 15.6 Å². The molecule has 0 bridgehead atoms. The molecular weight excluding hydrogens is 528 g/mol. The summed E-state index contributed by atoms with van der Waals surface area (Å²) in [5.74, 6) is -1.36. The standard InChI is InChI=1S/C23H23ClN4O6S2/c24-20-9-8-19(35-20)23(32)26-18-14-27(36(33,34)12-11-29)13-17(18)25-22(31)15-4-6-16(7-5-15)28-10-2-1-3-21(28)30/h1-10,17-18,29H,11-14H2,(H,25,31)(H,26,32)/t17-,18-/m1/s1. The van der Waals surface area contributed by atoms with Crippen LogP contribution in [0.4, 0.5) is 0 Å². The Kier molecular flexibility index (Phi) is 7.91. The third-order valence-corrected chi connectivity index (χ3v) is 8.70. The Balaban J connectivity index is 1.51. The first-order valence-corrected chi connectivity index (χ1v) is 13.7. The number of halogens is 1. The van der Waals surface area contributed by atoms with Crippen LogP contribution in [-0.2, 0) is 10.0 Å². The van der Waals surface area contributed by atoms with E-state index in [0.29, 0.717) is 20.5 Å². The Bertz CT molecular complexity index is 1420. The van der Waals surface area contributed by atoms with Gasteiger partial charge in [0, 0.05) is 36.6 Å². The van der Waals surface area contributed by atoms with Crippen LogP contribution >= 0.6 is 22.9 Å². The van der Waals surface area contributed by atoms with Crippen LogP contribution < -0.4 is 16.2 Å². The van der Waals surface area contributed by atoms with E-state index in [1.807, 2.05) is 0 Å². The number of carbonyl (C=O) groups is 2. The second kappa shape index (κ2) is 10.9. The summed E-state index contributed by atoms with van der Waals surface area (Å²) >= 11 is 7.00. The highest BCUT2D eigenvalue weighted by molar-refractivity contribution is 7.89. The Hall–Kier alpha value is -3.03. The second-order valence-corrected chi connectivity index (χ2v) is 11.9. The van der Waals surface area contributed by atoms with Gasteiger partial charge in [-0.2, -0.15) is 4.31 Å². The maximum Gasteiger partial charge on any atom is 0.261 e. The fourth-order valence-corrected chi connectivity index (χ4v) is 6.08. The van der Waals surface area contributed by atoms with Gasteiger partial charge in [0.05, 0.1) is 33.7 Å². The number of hydrogen-bond acceptors (Lipinski definition) is 7. The Morgan fingerprint density at radius 3 is 2.25 bits per heavy atom. The number of carbonyl (C=O) groups excluding carboxylic acids is 2. The lowest BCUT2D eigenvalue weighted by Crippen LogP contribution is -2.50. The largest absolute Gasteiger partial charge is 0.395 e. The summed E-state index contributed by atoms with van der Waals surface area (Å²) in [7, 11) is -3.78. The minimum Gasteiger partial charge on any atom is -0.395 e. The summed E-state index contributed by atoms with van der Waals surface area (Å²) in [6, 6.07) is 12.9. The van der Waals surface area contributed by atoms with E-state index >= 15 is 0 Å². The van der Waals surface area contributed by atoms with Gasteiger partial charge in [-0.1, -0.05) is 17.7 Å². The molecule has 0 unspecified atom stereocenters. The van der Waals surface area contributed by atoms with Crippen LogP contribution in [-0.4, -0.2) is 71.7 Å². The third kappa shape index (κ3) is 5.85. The number of pyridine rings is 1. The fourth-order valence-electron chi connectivity index (χ4n) is 3.87. The van der Waals surface area contributed by atoms with Gasteiger partial charge in [0.25, 0.3) is 17.4 Å². The molecule has 2 atom stereocenters. The lowest BCUT2D eigenvalue weighted by molar-refractivity contribution is 0.0898. The number of aromatic nitrogens is 1. The highest BCUT2D eigenvalue weighted by atomic mass is 35.5. The smallest absolute Gasteiger partial charge is 0.261 e. The van der Waals surface area contributed by atoms with Crippen molar-refractivity contribution < 1.29 is 23.1 Å². The van der Waals surface area contributed by atoms with E-state index in [2.05, 4.69) is 10.6 Å². The van der Waals surface area contributed by atoms with Gasteiger partial charge in [0.15, 0.2) is 0 Å². The van der Waals surface area contributed by atoms with Gasteiger partial charge in [0.1, 0.15) is 0 Å². The predicted octanol–water partition coefficient (Wildman–Crippen LogP) is 1.09. The van der Waals surface area contributed by atoms with Crippen molar-refractivity contribution in [3.05, 3.63) is 85.9 Å². The molecule has 13 heteroatoms. The molecule has 1 saturated heterocycles. The number of sulfonamides is 1. The van der Waals surface area contributed by atoms with Crippen LogP contribution in [0.3, 0.4) is 0 Å². The molecule has 1 aromatic carbocycles. The first-order chi connectivity index (χ1) is 17.2. The molecule has 1 aliphatic rings. The predicted molar refractivity (Wildman–Crippen MR) is 136 cm³/mol. The summed E-state index contributed by atoms with van der Waals surface area (Å²) < 4.78 is 28.1. The quantitative estimate of drug-likeness (QED) is 0.384. The van der Waals surface area contributed by atoms with Crippen molar-refractivity contribution in [1.29, 1.82) is 0 Å². The first kappa shape index (κ1) is 26.0. The van der Waals surface area contributed by atoms with Gasteiger partial charge in [0.2, 0.25) is 10.0 Å². The SMILES string of the molecule is O=C(N[C@@H]1CN(S(=O)(=O)CCO)C[C@H]1NC(=O)c1ccc(Cl)s1)c1ccc(-n2ccccc2=O)cc1. The molecule has 3 N–H and O–H groups in total. The summed E-state index contributed by atoms with van der Waals surface area (Å²) in [4.78, 5) is 38.1. The molecule has 0 aliphatic carbocycles. The number of aliphatic hydroxyl groups is 1. The summed E-state index contributed by atoms with van der Waals surface area (Å²) in [6.45, 7) is -0.673. The first-order valence-electron chi connectivity index (χ1n) is 10.9. The molecule has 2 aromatic heterocycles. The Labute approximate surface area is 216 Å². The molecule has 2 amide bonds. The van der Waals surface area contributed by atoms with Crippen molar-refractivity contribution in [2.45, 2.75) is 12.1 Å².